The summed E-state index contributed by atoms with van der Waals surface area (Å²) in [5.74, 6) is -0.409. The lowest BCUT2D eigenvalue weighted by molar-refractivity contribution is -0.121. The van der Waals surface area contributed by atoms with Crippen LogP contribution in [0.25, 0.3) is 0 Å². The molecule has 2 aromatic rings. The molecule has 0 spiro atoms. The van der Waals surface area contributed by atoms with E-state index in [2.05, 4.69) is 10.6 Å². The summed E-state index contributed by atoms with van der Waals surface area (Å²) >= 11 is 5.84. The molecule has 2 amide bonds. The molecule has 0 aliphatic heterocycles. The van der Waals surface area contributed by atoms with E-state index >= 15 is 0 Å². The van der Waals surface area contributed by atoms with Crippen molar-refractivity contribution in [2.24, 2.45) is 0 Å². The van der Waals surface area contributed by atoms with Crippen molar-refractivity contribution >= 4 is 34.8 Å². The fourth-order valence-electron chi connectivity index (χ4n) is 1.96. The third-order valence-corrected chi connectivity index (χ3v) is 3.22. The Bertz CT molecular complexity index is 626. The normalized spacial score (nSPS) is 10.1. The molecule has 4 nitrogen and oxygen atoms in total. The summed E-state index contributed by atoms with van der Waals surface area (Å²) in [6, 6.07) is 14.4. The van der Waals surface area contributed by atoms with Crippen LogP contribution in [0.15, 0.2) is 48.5 Å². The first-order chi connectivity index (χ1) is 10.5. The Labute approximate surface area is 134 Å². The van der Waals surface area contributed by atoms with Gasteiger partial charge in [0.1, 0.15) is 0 Å². The van der Waals surface area contributed by atoms with E-state index in [0.29, 0.717) is 10.7 Å². The Morgan fingerprint density at radius 3 is 2.00 bits per heavy atom. The standard InChI is InChI=1S/C17H17ClN2O2/c1-12-4-2-6-14(10-12)19-16(21)8-9-17(22)20-15-7-3-5-13(18)11-15/h2-7,10-11H,8-9H2,1H3,(H,19,21)(H,20,22). The van der Waals surface area contributed by atoms with Crippen LogP contribution in [0.2, 0.25) is 5.02 Å². The van der Waals surface area contributed by atoms with E-state index in [0.717, 1.165) is 11.3 Å². The molecule has 0 radical (unpaired) electrons. The van der Waals surface area contributed by atoms with Crippen LogP contribution in [-0.2, 0) is 9.59 Å². The number of halogens is 1. The summed E-state index contributed by atoms with van der Waals surface area (Å²) in [6.45, 7) is 1.95. The van der Waals surface area contributed by atoms with Crippen LogP contribution in [0.5, 0.6) is 0 Å². The van der Waals surface area contributed by atoms with E-state index in [-0.39, 0.29) is 24.7 Å². The van der Waals surface area contributed by atoms with Gasteiger partial charge in [0.15, 0.2) is 0 Å². The van der Waals surface area contributed by atoms with Gasteiger partial charge in [-0.25, -0.2) is 0 Å². The number of hydrogen-bond acceptors (Lipinski definition) is 2. The minimum absolute atomic E-state index is 0.115. The zero-order valence-electron chi connectivity index (χ0n) is 12.2. The Hall–Kier alpha value is -2.33. The van der Waals surface area contributed by atoms with Crippen molar-refractivity contribution in [3.05, 3.63) is 59.1 Å². The van der Waals surface area contributed by atoms with Gasteiger partial charge in [-0.05, 0) is 42.8 Å². The van der Waals surface area contributed by atoms with Gasteiger partial charge in [-0.2, -0.15) is 0 Å². The summed E-state index contributed by atoms with van der Waals surface area (Å²) < 4.78 is 0. The molecule has 0 atom stereocenters. The number of hydrogen-bond donors (Lipinski definition) is 2. The topological polar surface area (TPSA) is 58.2 Å². The van der Waals surface area contributed by atoms with E-state index < -0.39 is 0 Å². The van der Waals surface area contributed by atoms with E-state index in [9.17, 15) is 9.59 Å². The van der Waals surface area contributed by atoms with Gasteiger partial charge in [-0.15, -0.1) is 0 Å². The molecule has 0 fully saturated rings. The van der Waals surface area contributed by atoms with Crippen LogP contribution in [0, 0.1) is 6.92 Å². The highest BCUT2D eigenvalue weighted by molar-refractivity contribution is 6.30. The van der Waals surface area contributed by atoms with Gasteiger partial charge >= 0.3 is 0 Å². The fraction of sp³-hybridized carbons (Fsp3) is 0.176. The smallest absolute Gasteiger partial charge is 0.224 e. The molecule has 5 heteroatoms. The molecule has 0 aliphatic rings. The van der Waals surface area contributed by atoms with Crippen molar-refractivity contribution in [1.29, 1.82) is 0 Å². The highest BCUT2D eigenvalue weighted by Gasteiger charge is 2.08. The first-order valence-corrected chi connectivity index (χ1v) is 7.33. The zero-order chi connectivity index (χ0) is 15.9. The minimum Gasteiger partial charge on any atom is -0.326 e. The summed E-state index contributed by atoms with van der Waals surface area (Å²) in [5.41, 5.74) is 2.42. The van der Waals surface area contributed by atoms with Crippen LogP contribution in [0.1, 0.15) is 18.4 Å². The zero-order valence-corrected chi connectivity index (χ0v) is 13.0. The number of carbonyl (C=O) groups excluding carboxylic acids is 2. The van der Waals surface area contributed by atoms with Crippen LogP contribution < -0.4 is 10.6 Å². The van der Waals surface area contributed by atoms with Gasteiger partial charge in [0.25, 0.3) is 0 Å². The molecule has 2 N–H and O–H groups in total. The average molecular weight is 317 g/mol. The predicted octanol–water partition coefficient (Wildman–Crippen LogP) is 4.01. The number of benzene rings is 2. The van der Waals surface area contributed by atoms with E-state index in [4.69, 9.17) is 11.6 Å². The van der Waals surface area contributed by atoms with Crippen LogP contribution in [0.4, 0.5) is 11.4 Å². The summed E-state index contributed by atoms with van der Waals surface area (Å²) in [6.07, 6.45) is 0.241. The van der Waals surface area contributed by atoms with Crippen LogP contribution in [-0.4, -0.2) is 11.8 Å². The minimum atomic E-state index is -0.221. The number of amides is 2. The number of nitrogens with one attached hydrogen (secondary N) is 2. The molecule has 2 aromatic carbocycles. The first kappa shape index (κ1) is 16.0. The van der Waals surface area contributed by atoms with Crippen LogP contribution >= 0.6 is 11.6 Å². The highest BCUT2D eigenvalue weighted by atomic mass is 35.5. The third kappa shape index (κ3) is 5.22. The van der Waals surface area contributed by atoms with Crippen molar-refractivity contribution in [2.45, 2.75) is 19.8 Å². The predicted molar refractivity (Wildman–Crippen MR) is 89.1 cm³/mol. The molecule has 0 aromatic heterocycles. The molecule has 0 saturated carbocycles. The third-order valence-electron chi connectivity index (χ3n) is 2.99. The molecule has 0 bridgehead atoms. The monoisotopic (exact) mass is 316 g/mol. The SMILES string of the molecule is Cc1cccc(NC(=O)CCC(=O)Nc2cccc(Cl)c2)c1. The maximum atomic E-state index is 11.8. The molecule has 0 saturated heterocycles. The van der Waals surface area contributed by atoms with Gasteiger partial charge in [-0.1, -0.05) is 29.8 Å². The molecular weight excluding hydrogens is 300 g/mol. The summed E-state index contributed by atoms with van der Waals surface area (Å²) in [4.78, 5) is 23.6. The lowest BCUT2D eigenvalue weighted by atomic mass is 10.2. The highest BCUT2D eigenvalue weighted by Crippen LogP contribution is 2.15. The quantitative estimate of drug-likeness (QED) is 0.875. The molecule has 114 valence electrons. The largest absolute Gasteiger partial charge is 0.326 e. The number of carbonyl (C=O) groups is 2. The Morgan fingerprint density at radius 2 is 1.45 bits per heavy atom. The van der Waals surface area contributed by atoms with Gasteiger partial charge < -0.3 is 10.6 Å². The molecular formula is C17H17ClN2O2. The molecule has 0 unspecified atom stereocenters. The van der Waals surface area contributed by atoms with Crippen molar-refractivity contribution in [2.75, 3.05) is 10.6 Å². The maximum Gasteiger partial charge on any atom is 0.224 e. The van der Waals surface area contributed by atoms with Gasteiger partial charge in [0, 0.05) is 29.2 Å². The van der Waals surface area contributed by atoms with E-state index in [1.165, 1.54) is 0 Å². The van der Waals surface area contributed by atoms with Crippen molar-refractivity contribution in [1.82, 2.24) is 0 Å². The molecule has 0 heterocycles. The molecule has 22 heavy (non-hydrogen) atoms. The summed E-state index contributed by atoms with van der Waals surface area (Å²) in [5, 5.41) is 6.03. The van der Waals surface area contributed by atoms with E-state index in [1.54, 1.807) is 24.3 Å². The summed E-state index contributed by atoms with van der Waals surface area (Å²) in [7, 11) is 0. The van der Waals surface area contributed by atoms with Crippen LogP contribution in [0.3, 0.4) is 0 Å². The van der Waals surface area contributed by atoms with Crippen molar-refractivity contribution in [3.8, 4) is 0 Å². The van der Waals surface area contributed by atoms with E-state index in [1.807, 2.05) is 31.2 Å². The molecule has 2 rings (SSSR count). The maximum absolute atomic E-state index is 11.8. The fourth-order valence-corrected chi connectivity index (χ4v) is 2.15. The van der Waals surface area contributed by atoms with Crippen molar-refractivity contribution in [3.63, 3.8) is 0 Å². The van der Waals surface area contributed by atoms with Gasteiger partial charge in [0.2, 0.25) is 11.8 Å². The number of rotatable bonds is 5. The van der Waals surface area contributed by atoms with Crippen molar-refractivity contribution < 1.29 is 9.59 Å². The van der Waals surface area contributed by atoms with Gasteiger partial charge in [-0.3, -0.25) is 9.59 Å². The lowest BCUT2D eigenvalue weighted by Gasteiger charge is -2.07. The Kier molecular flexibility index (Phi) is 5.55. The Morgan fingerprint density at radius 1 is 0.909 bits per heavy atom. The first-order valence-electron chi connectivity index (χ1n) is 6.95. The lowest BCUT2D eigenvalue weighted by Crippen LogP contribution is -2.17. The second-order valence-corrected chi connectivity index (χ2v) is 5.41. The average Bonchev–Trinajstić information content (AvgIpc) is 2.45. The molecule has 0 aliphatic carbocycles. The number of anilines is 2. The van der Waals surface area contributed by atoms with Gasteiger partial charge in [0.05, 0.1) is 0 Å². The second kappa shape index (κ2) is 7.61. The Balaban J connectivity index is 1.79. The second-order valence-electron chi connectivity index (χ2n) is 4.98. The number of aryl methyl sites for hydroxylation is 1.